The number of carbonyl (C=O) groups excluding carboxylic acids is 2. The van der Waals surface area contributed by atoms with Crippen LogP contribution in [-0.4, -0.2) is 83.7 Å². The first-order valence-corrected chi connectivity index (χ1v) is 12.1. The molecule has 5 rings (SSSR count). The van der Waals surface area contributed by atoms with Crippen LogP contribution in [0.4, 0.5) is 10.1 Å². The fourth-order valence-electron chi connectivity index (χ4n) is 4.88. The Morgan fingerprint density at radius 3 is 2.76 bits per heavy atom. The summed E-state index contributed by atoms with van der Waals surface area (Å²) in [4.78, 5) is 33.0. The number of β-amino-alcohol motifs (C(OH)–C–C–N with tert-alkyl or cyclic N) is 1. The number of hydrogen-bond acceptors (Lipinski definition) is 5. The molecule has 1 aromatic carbocycles. The third kappa shape index (κ3) is 4.31. The quantitative estimate of drug-likeness (QED) is 0.513. The first kappa shape index (κ1) is 23.2. The molecule has 0 radical (unpaired) electrons. The van der Waals surface area contributed by atoms with Gasteiger partial charge in [-0.05, 0) is 46.6 Å². The van der Waals surface area contributed by atoms with E-state index in [0.717, 1.165) is 24.3 Å². The van der Waals surface area contributed by atoms with Gasteiger partial charge in [0.05, 0.1) is 36.1 Å². The lowest BCUT2D eigenvalue weighted by Crippen LogP contribution is -2.47. The highest BCUT2D eigenvalue weighted by Crippen LogP contribution is 2.39. The lowest BCUT2D eigenvalue weighted by Gasteiger charge is -2.32. The van der Waals surface area contributed by atoms with Crippen molar-refractivity contribution in [1.29, 1.82) is 0 Å². The molecular weight excluding hydrogens is 507 g/mol. The molecule has 1 saturated heterocycles. The van der Waals surface area contributed by atoms with E-state index < -0.39 is 11.9 Å². The molecule has 0 aliphatic carbocycles. The Morgan fingerprint density at radius 2 is 2.00 bits per heavy atom. The van der Waals surface area contributed by atoms with Crippen LogP contribution in [0.5, 0.6) is 0 Å². The predicted octanol–water partition coefficient (Wildman–Crippen LogP) is 2.41. The van der Waals surface area contributed by atoms with E-state index in [2.05, 4.69) is 31.1 Å². The number of amides is 2. The molecule has 3 aliphatic rings. The van der Waals surface area contributed by atoms with Crippen LogP contribution < -0.4 is 5.32 Å². The number of morpholine rings is 1. The summed E-state index contributed by atoms with van der Waals surface area (Å²) >= 11 is 3.30. The predicted molar refractivity (Wildman–Crippen MR) is 129 cm³/mol. The van der Waals surface area contributed by atoms with E-state index in [9.17, 15) is 19.1 Å². The maximum absolute atomic E-state index is 14.0. The summed E-state index contributed by atoms with van der Waals surface area (Å²) < 4.78 is 19.8. The van der Waals surface area contributed by atoms with Gasteiger partial charge in [0.2, 0.25) is 0 Å². The topological polar surface area (TPSA) is 97.9 Å². The number of ether oxygens (including phenoxy) is 1. The first-order valence-electron chi connectivity index (χ1n) is 11.3. The minimum Gasteiger partial charge on any atom is -0.390 e. The summed E-state index contributed by atoms with van der Waals surface area (Å²) in [5, 5.41) is 13.3. The number of rotatable bonds is 5. The number of anilines is 1. The number of aliphatic hydroxyl groups is 1. The Bertz CT molecular complexity index is 1190. The number of aromatic amines is 1. The minimum atomic E-state index is -0.642. The van der Waals surface area contributed by atoms with Gasteiger partial charge in [-0.25, -0.2) is 4.39 Å². The summed E-state index contributed by atoms with van der Waals surface area (Å²) in [5.41, 5.74) is 4.11. The summed E-state index contributed by atoms with van der Waals surface area (Å²) in [6, 6.07) is 2.63. The normalized spacial score (nSPS) is 20.5. The third-order valence-corrected chi connectivity index (χ3v) is 7.25. The average Bonchev–Trinajstić information content (AvgIpc) is 3.28. The fourth-order valence-corrected chi connectivity index (χ4v) is 5.41. The van der Waals surface area contributed by atoms with Gasteiger partial charge in [-0.2, -0.15) is 0 Å². The third-order valence-electron chi connectivity index (χ3n) is 6.62. The Hall–Kier alpha value is -2.53. The molecule has 34 heavy (non-hydrogen) atoms. The molecular formula is C24H26BrFN4O4. The zero-order valence-electron chi connectivity index (χ0n) is 18.8. The summed E-state index contributed by atoms with van der Waals surface area (Å²) in [6.07, 6.45) is 1.65. The lowest BCUT2D eigenvalue weighted by atomic mass is 10.0. The molecule has 2 amide bonds. The first-order chi connectivity index (χ1) is 16.3. The van der Waals surface area contributed by atoms with E-state index in [1.807, 2.05) is 6.92 Å². The van der Waals surface area contributed by atoms with Gasteiger partial charge < -0.3 is 25.0 Å². The Kier molecular flexibility index (Phi) is 6.32. The number of aromatic nitrogens is 1. The molecule has 0 bridgehead atoms. The standard InChI is InChI=1S/C24H26BrFN4O4/c1-13-20(10-17-16-8-14(26)9-18(25)22(16)28-23(17)32)27-19-2-3-30(24(33)21(13)19)12-15(31)11-29-4-6-34-7-5-29/h8-10,15,27,31H,2-7,11-12H2,1H3,(H,28,32)/t15-/m1/s1. The van der Waals surface area contributed by atoms with Crippen molar-refractivity contribution in [3.05, 3.63) is 50.5 Å². The van der Waals surface area contributed by atoms with Crippen LogP contribution >= 0.6 is 15.9 Å². The van der Waals surface area contributed by atoms with Crippen LogP contribution in [0.3, 0.4) is 0 Å². The monoisotopic (exact) mass is 532 g/mol. The number of carbonyl (C=O) groups is 2. The van der Waals surface area contributed by atoms with E-state index >= 15 is 0 Å². The van der Waals surface area contributed by atoms with Crippen molar-refractivity contribution in [3.8, 4) is 0 Å². The lowest BCUT2D eigenvalue weighted by molar-refractivity contribution is -0.110. The van der Waals surface area contributed by atoms with Gasteiger partial charge in [0.1, 0.15) is 5.82 Å². The van der Waals surface area contributed by atoms with Crippen molar-refractivity contribution in [1.82, 2.24) is 14.8 Å². The van der Waals surface area contributed by atoms with Crippen molar-refractivity contribution < 1.29 is 23.8 Å². The van der Waals surface area contributed by atoms with Crippen LogP contribution in [0.2, 0.25) is 0 Å². The number of halogens is 2. The molecule has 180 valence electrons. The Balaban J connectivity index is 1.37. The molecule has 0 spiro atoms. The summed E-state index contributed by atoms with van der Waals surface area (Å²) in [7, 11) is 0. The van der Waals surface area contributed by atoms with Gasteiger partial charge in [-0.1, -0.05) is 0 Å². The average molecular weight is 533 g/mol. The van der Waals surface area contributed by atoms with Crippen LogP contribution in [0.1, 0.15) is 32.9 Å². The number of aliphatic hydroxyl groups excluding tert-OH is 1. The molecule has 1 atom stereocenters. The minimum absolute atomic E-state index is 0.134. The van der Waals surface area contributed by atoms with Gasteiger partial charge in [0.25, 0.3) is 11.8 Å². The molecule has 1 fully saturated rings. The van der Waals surface area contributed by atoms with Crippen LogP contribution in [0.25, 0.3) is 11.6 Å². The Morgan fingerprint density at radius 1 is 1.24 bits per heavy atom. The van der Waals surface area contributed by atoms with E-state index in [1.165, 1.54) is 12.1 Å². The largest absolute Gasteiger partial charge is 0.390 e. The van der Waals surface area contributed by atoms with E-state index in [-0.39, 0.29) is 18.4 Å². The number of nitrogens with one attached hydrogen (secondary N) is 2. The smallest absolute Gasteiger partial charge is 0.256 e. The number of H-pyrrole nitrogens is 1. The molecule has 4 heterocycles. The van der Waals surface area contributed by atoms with Gasteiger partial charge >= 0.3 is 0 Å². The number of benzene rings is 1. The van der Waals surface area contributed by atoms with Crippen molar-refractivity contribution in [2.45, 2.75) is 19.4 Å². The van der Waals surface area contributed by atoms with Crippen molar-refractivity contribution in [2.24, 2.45) is 0 Å². The second-order valence-electron chi connectivity index (χ2n) is 8.91. The second kappa shape index (κ2) is 9.26. The number of fused-ring (bicyclic) bond motifs is 2. The van der Waals surface area contributed by atoms with E-state index in [1.54, 1.807) is 11.0 Å². The molecule has 0 unspecified atom stereocenters. The van der Waals surface area contributed by atoms with Gasteiger partial charge in [-0.3, -0.25) is 14.5 Å². The number of nitrogens with zero attached hydrogens (tertiary/aromatic N) is 2. The van der Waals surface area contributed by atoms with E-state index in [4.69, 9.17) is 4.74 Å². The van der Waals surface area contributed by atoms with Crippen molar-refractivity contribution in [3.63, 3.8) is 0 Å². The highest BCUT2D eigenvalue weighted by atomic mass is 79.9. The second-order valence-corrected chi connectivity index (χ2v) is 9.76. The summed E-state index contributed by atoms with van der Waals surface area (Å²) in [5.74, 6) is -0.907. The maximum atomic E-state index is 14.0. The SMILES string of the molecule is Cc1c(C=C2C(=O)Nc3c(Br)cc(F)cc32)[nH]c2c1C(=O)N(C[C@H](O)CN1CCOCC1)CC2. The molecule has 1 aromatic heterocycles. The highest BCUT2D eigenvalue weighted by Gasteiger charge is 2.32. The molecule has 10 heteroatoms. The van der Waals surface area contributed by atoms with Crippen LogP contribution in [-0.2, 0) is 16.0 Å². The van der Waals surface area contributed by atoms with Crippen LogP contribution in [0.15, 0.2) is 16.6 Å². The van der Waals surface area contributed by atoms with Gasteiger partial charge in [0, 0.05) is 60.6 Å². The molecule has 3 N–H and O–H groups in total. The maximum Gasteiger partial charge on any atom is 0.256 e. The molecule has 3 aliphatic heterocycles. The zero-order valence-corrected chi connectivity index (χ0v) is 20.4. The molecule has 0 saturated carbocycles. The van der Waals surface area contributed by atoms with Crippen LogP contribution in [0, 0.1) is 12.7 Å². The zero-order chi connectivity index (χ0) is 24.0. The number of hydrogen-bond donors (Lipinski definition) is 3. The Labute approximate surface area is 204 Å². The molecule has 2 aromatic rings. The fraction of sp³-hybridized carbons (Fsp3) is 0.417. The molecule has 8 nitrogen and oxygen atoms in total. The highest BCUT2D eigenvalue weighted by molar-refractivity contribution is 9.10. The van der Waals surface area contributed by atoms with E-state index in [0.29, 0.717) is 65.3 Å². The van der Waals surface area contributed by atoms with Crippen molar-refractivity contribution >= 4 is 45.1 Å². The summed E-state index contributed by atoms with van der Waals surface area (Å²) in [6.45, 7) is 5.98. The van der Waals surface area contributed by atoms with Gasteiger partial charge in [-0.15, -0.1) is 0 Å². The van der Waals surface area contributed by atoms with Gasteiger partial charge in [0.15, 0.2) is 0 Å². The van der Waals surface area contributed by atoms with Crippen molar-refractivity contribution in [2.75, 3.05) is 51.3 Å².